The van der Waals surface area contributed by atoms with Crippen LogP contribution >= 0.6 is 0 Å². The van der Waals surface area contributed by atoms with Crippen LogP contribution < -0.4 is 9.80 Å². The van der Waals surface area contributed by atoms with E-state index >= 15 is 0 Å². The smallest absolute Gasteiger partial charge is 0.263 e. The van der Waals surface area contributed by atoms with E-state index in [1.165, 1.54) is 23.9 Å². The van der Waals surface area contributed by atoms with Crippen molar-refractivity contribution < 1.29 is 4.79 Å². The SMILES string of the molecule is N#Cc1ccnc(N2Cc3nn(-c4ccc(N5CCCC5)nc4)cc3C2=O)c1. The molecule has 5 rings (SSSR count). The van der Waals surface area contributed by atoms with E-state index in [0.717, 1.165) is 24.6 Å². The Morgan fingerprint density at radius 2 is 1.93 bits per heavy atom. The normalized spacial score (nSPS) is 15.8. The number of rotatable bonds is 3. The summed E-state index contributed by atoms with van der Waals surface area (Å²) in [6, 6.07) is 9.27. The molecule has 0 aromatic carbocycles. The van der Waals surface area contributed by atoms with Gasteiger partial charge in [-0.3, -0.25) is 9.69 Å². The molecule has 0 bridgehead atoms. The second-order valence-corrected chi connectivity index (χ2v) is 6.91. The van der Waals surface area contributed by atoms with Crippen molar-refractivity contribution in [3.63, 3.8) is 0 Å². The Kier molecular flexibility index (Phi) is 3.79. The number of anilines is 2. The Bertz CT molecular complexity index is 1090. The van der Waals surface area contributed by atoms with E-state index in [0.29, 0.717) is 29.2 Å². The molecule has 2 aliphatic heterocycles. The number of hydrogen-bond acceptors (Lipinski definition) is 6. The fraction of sp³-hybridized carbons (Fsp3) is 0.250. The van der Waals surface area contributed by atoms with Gasteiger partial charge in [-0.25, -0.2) is 14.6 Å². The fourth-order valence-corrected chi connectivity index (χ4v) is 3.67. The molecular weight excluding hydrogens is 354 g/mol. The Balaban J connectivity index is 1.39. The molecule has 0 atom stereocenters. The van der Waals surface area contributed by atoms with Crippen molar-refractivity contribution in [2.24, 2.45) is 0 Å². The molecule has 1 saturated heterocycles. The zero-order valence-electron chi connectivity index (χ0n) is 15.1. The number of nitriles is 1. The Hall–Kier alpha value is -3.73. The molecule has 1 fully saturated rings. The molecule has 3 aromatic heterocycles. The van der Waals surface area contributed by atoms with E-state index in [1.807, 2.05) is 12.1 Å². The molecule has 1 amide bonds. The van der Waals surface area contributed by atoms with Gasteiger partial charge in [0.15, 0.2) is 0 Å². The van der Waals surface area contributed by atoms with Crippen molar-refractivity contribution in [3.05, 3.63) is 59.7 Å². The van der Waals surface area contributed by atoms with Crippen molar-refractivity contribution in [2.45, 2.75) is 19.4 Å². The monoisotopic (exact) mass is 371 g/mol. The lowest BCUT2D eigenvalue weighted by atomic mass is 10.3. The number of hydrogen-bond donors (Lipinski definition) is 0. The average molecular weight is 371 g/mol. The van der Waals surface area contributed by atoms with Gasteiger partial charge in [-0.2, -0.15) is 10.4 Å². The van der Waals surface area contributed by atoms with Crippen molar-refractivity contribution >= 4 is 17.5 Å². The molecule has 28 heavy (non-hydrogen) atoms. The maximum absolute atomic E-state index is 12.8. The molecule has 0 spiro atoms. The van der Waals surface area contributed by atoms with Gasteiger partial charge < -0.3 is 4.90 Å². The summed E-state index contributed by atoms with van der Waals surface area (Å²) in [7, 11) is 0. The van der Waals surface area contributed by atoms with E-state index in [9.17, 15) is 4.79 Å². The van der Waals surface area contributed by atoms with Crippen LogP contribution in [-0.4, -0.2) is 38.7 Å². The predicted molar refractivity (Wildman–Crippen MR) is 102 cm³/mol. The van der Waals surface area contributed by atoms with Gasteiger partial charge in [0, 0.05) is 25.5 Å². The van der Waals surface area contributed by atoms with Gasteiger partial charge in [-0.15, -0.1) is 0 Å². The maximum Gasteiger partial charge on any atom is 0.263 e. The topological polar surface area (TPSA) is 90.9 Å². The zero-order chi connectivity index (χ0) is 19.1. The molecule has 2 aliphatic rings. The number of nitrogens with zero attached hydrogens (tertiary/aromatic N) is 7. The Morgan fingerprint density at radius 1 is 1.07 bits per heavy atom. The first kappa shape index (κ1) is 16.4. The number of aromatic nitrogens is 4. The third-order valence-electron chi connectivity index (χ3n) is 5.15. The lowest BCUT2D eigenvalue weighted by molar-refractivity contribution is 0.0995. The van der Waals surface area contributed by atoms with Crippen LogP contribution in [0.2, 0.25) is 0 Å². The number of amides is 1. The molecular formula is C20H17N7O. The van der Waals surface area contributed by atoms with Crippen molar-refractivity contribution in [1.82, 2.24) is 19.7 Å². The summed E-state index contributed by atoms with van der Waals surface area (Å²) in [5, 5.41) is 13.6. The van der Waals surface area contributed by atoms with Crippen LogP contribution in [-0.2, 0) is 6.54 Å². The third kappa shape index (κ3) is 2.68. The second kappa shape index (κ2) is 6.46. The molecule has 5 heterocycles. The third-order valence-corrected chi connectivity index (χ3v) is 5.15. The van der Waals surface area contributed by atoms with Crippen molar-refractivity contribution in [2.75, 3.05) is 22.9 Å². The van der Waals surface area contributed by atoms with Crippen LogP contribution in [0, 0.1) is 11.3 Å². The molecule has 0 unspecified atom stereocenters. The van der Waals surface area contributed by atoms with Gasteiger partial charge in [-0.05, 0) is 37.1 Å². The number of carbonyl (C=O) groups excluding carboxylic acids is 1. The molecule has 0 N–H and O–H groups in total. The minimum atomic E-state index is -0.162. The van der Waals surface area contributed by atoms with Gasteiger partial charge in [0.05, 0.1) is 41.3 Å². The number of carbonyl (C=O) groups is 1. The predicted octanol–water partition coefficient (Wildman–Crippen LogP) is 2.29. The highest BCUT2D eigenvalue weighted by Gasteiger charge is 2.32. The quantitative estimate of drug-likeness (QED) is 0.702. The first-order valence-electron chi connectivity index (χ1n) is 9.21. The van der Waals surface area contributed by atoms with Crippen molar-refractivity contribution in [1.29, 1.82) is 5.26 Å². The fourth-order valence-electron chi connectivity index (χ4n) is 3.67. The van der Waals surface area contributed by atoms with Crippen molar-refractivity contribution in [3.8, 4) is 11.8 Å². The molecule has 0 radical (unpaired) electrons. The molecule has 8 heteroatoms. The lowest BCUT2D eigenvalue weighted by Gasteiger charge is -2.16. The highest BCUT2D eigenvalue weighted by molar-refractivity contribution is 6.09. The standard InChI is InChI=1S/C20H17N7O/c21-10-14-5-6-22-19(9-14)26-13-17-16(20(26)28)12-27(24-17)15-3-4-18(23-11-15)25-7-1-2-8-25/h3-6,9,11-12H,1-2,7-8,13H2. The van der Waals surface area contributed by atoms with E-state index < -0.39 is 0 Å². The summed E-state index contributed by atoms with van der Waals surface area (Å²) in [6.45, 7) is 2.43. The number of pyridine rings is 2. The largest absolute Gasteiger partial charge is 0.357 e. The van der Waals surface area contributed by atoms with Crippen LogP contribution in [0.15, 0.2) is 42.9 Å². The summed E-state index contributed by atoms with van der Waals surface area (Å²) >= 11 is 0. The lowest BCUT2D eigenvalue weighted by Crippen LogP contribution is -2.24. The molecule has 138 valence electrons. The summed E-state index contributed by atoms with van der Waals surface area (Å²) < 4.78 is 1.69. The van der Waals surface area contributed by atoms with Gasteiger partial charge in [0.25, 0.3) is 5.91 Å². The second-order valence-electron chi connectivity index (χ2n) is 6.91. The minimum Gasteiger partial charge on any atom is -0.357 e. The van der Waals surface area contributed by atoms with Crippen LogP contribution in [0.3, 0.4) is 0 Å². The highest BCUT2D eigenvalue weighted by atomic mass is 16.2. The molecule has 0 saturated carbocycles. The first-order valence-corrected chi connectivity index (χ1v) is 9.21. The molecule has 8 nitrogen and oxygen atoms in total. The number of fused-ring (bicyclic) bond motifs is 1. The van der Waals surface area contributed by atoms with E-state index in [1.54, 1.807) is 29.2 Å². The zero-order valence-corrected chi connectivity index (χ0v) is 15.1. The summed E-state index contributed by atoms with van der Waals surface area (Å²) in [6.07, 6.45) is 7.47. The van der Waals surface area contributed by atoms with Gasteiger partial charge in [0.1, 0.15) is 11.6 Å². The summed E-state index contributed by atoms with van der Waals surface area (Å²) in [4.78, 5) is 25.4. The van der Waals surface area contributed by atoms with Crippen LogP contribution in [0.25, 0.3) is 5.69 Å². The van der Waals surface area contributed by atoms with Crippen LogP contribution in [0.5, 0.6) is 0 Å². The molecule has 0 aliphatic carbocycles. The average Bonchev–Trinajstić information content (AvgIpc) is 3.46. The van der Waals surface area contributed by atoms with Gasteiger partial charge >= 0.3 is 0 Å². The van der Waals surface area contributed by atoms with Crippen LogP contribution in [0.1, 0.15) is 34.5 Å². The van der Waals surface area contributed by atoms with E-state index in [4.69, 9.17) is 5.26 Å². The van der Waals surface area contributed by atoms with Gasteiger partial charge in [-0.1, -0.05) is 0 Å². The van der Waals surface area contributed by atoms with E-state index in [2.05, 4.69) is 26.0 Å². The van der Waals surface area contributed by atoms with Crippen LogP contribution in [0.4, 0.5) is 11.6 Å². The Morgan fingerprint density at radius 3 is 2.64 bits per heavy atom. The summed E-state index contributed by atoms with van der Waals surface area (Å²) in [5.74, 6) is 1.28. The first-order chi connectivity index (χ1) is 13.7. The Labute approximate surface area is 161 Å². The van der Waals surface area contributed by atoms with Gasteiger partial charge in [0.2, 0.25) is 0 Å². The summed E-state index contributed by atoms with van der Waals surface area (Å²) in [5.41, 5.74) is 2.53. The highest BCUT2D eigenvalue weighted by Crippen LogP contribution is 2.27. The van der Waals surface area contributed by atoms with E-state index in [-0.39, 0.29) is 5.91 Å². The molecule has 3 aromatic rings. The minimum absolute atomic E-state index is 0.162. The maximum atomic E-state index is 12.8.